The van der Waals surface area contributed by atoms with Crippen LogP contribution in [0, 0.1) is 5.92 Å². The highest BCUT2D eigenvalue weighted by Crippen LogP contribution is 2.19. The Balaban J connectivity index is 1.79. The molecule has 9 N–H and O–H groups in total. The minimum Gasteiger partial charge on any atom is -0.508 e. The average molecular weight is 596 g/mol. The molecule has 0 aliphatic heterocycles. The minimum absolute atomic E-state index is 0.00552. The number of carboxylic acids is 2. The number of rotatable bonds is 15. The van der Waals surface area contributed by atoms with Crippen molar-refractivity contribution >= 4 is 40.6 Å². The predicted molar refractivity (Wildman–Crippen MR) is 157 cm³/mol. The highest BCUT2D eigenvalue weighted by molar-refractivity contribution is 5.95. The molecule has 3 rings (SSSR count). The SMILES string of the molecule is CC(C)CC(NC(=O)C(Cc1ccc(O)cc1)NC(=O)C(N)CC(=O)O)C(=O)NC(Cc1c[nH]c2ccccc12)C(=O)O. The van der Waals surface area contributed by atoms with E-state index < -0.39 is 60.2 Å². The molecule has 3 aromatic rings. The number of benzene rings is 2. The van der Waals surface area contributed by atoms with Crippen LogP contribution in [0.1, 0.15) is 37.8 Å². The van der Waals surface area contributed by atoms with Crippen LogP contribution in [0.4, 0.5) is 0 Å². The molecule has 230 valence electrons. The van der Waals surface area contributed by atoms with Gasteiger partial charge in [-0.2, -0.15) is 0 Å². The van der Waals surface area contributed by atoms with Crippen LogP contribution in [0.25, 0.3) is 10.9 Å². The standard InChI is InChI=1S/C30H37N5O8/c1-16(2)11-23(28(40)35-25(30(42)43)13-18-15-32-22-6-4-3-5-20(18)22)34-29(41)24(12-17-7-9-19(36)10-8-17)33-27(39)21(31)14-26(37)38/h3-10,15-16,21,23-25,32,36H,11-14,31H2,1-2H3,(H,33,39)(H,34,41)(H,35,40)(H,37,38)(H,42,43). The van der Waals surface area contributed by atoms with E-state index in [2.05, 4.69) is 20.9 Å². The Hall–Kier alpha value is -4.91. The van der Waals surface area contributed by atoms with Crippen molar-refractivity contribution in [3.63, 3.8) is 0 Å². The van der Waals surface area contributed by atoms with Gasteiger partial charge in [0.1, 0.15) is 23.9 Å². The van der Waals surface area contributed by atoms with Crippen LogP contribution >= 0.6 is 0 Å². The van der Waals surface area contributed by atoms with Gasteiger partial charge in [-0.05, 0) is 41.7 Å². The molecule has 0 aliphatic carbocycles. The van der Waals surface area contributed by atoms with Crippen LogP contribution in [0.2, 0.25) is 0 Å². The van der Waals surface area contributed by atoms with Crippen LogP contribution in [0.5, 0.6) is 5.75 Å². The summed E-state index contributed by atoms with van der Waals surface area (Å²) in [7, 11) is 0. The number of carbonyl (C=O) groups is 5. The molecule has 0 saturated carbocycles. The first-order valence-corrected chi connectivity index (χ1v) is 13.8. The number of fused-ring (bicyclic) bond motifs is 1. The second kappa shape index (κ2) is 14.8. The van der Waals surface area contributed by atoms with E-state index in [9.17, 15) is 34.2 Å². The van der Waals surface area contributed by atoms with Crippen LogP contribution in [0.15, 0.2) is 54.7 Å². The van der Waals surface area contributed by atoms with Gasteiger partial charge < -0.3 is 42.0 Å². The summed E-state index contributed by atoms with van der Waals surface area (Å²) in [5, 5.41) is 36.9. The zero-order valence-electron chi connectivity index (χ0n) is 23.9. The first-order valence-electron chi connectivity index (χ1n) is 13.8. The van der Waals surface area contributed by atoms with Gasteiger partial charge in [0.15, 0.2) is 0 Å². The quantitative estimate of drug-likeness (QED) is 0.125. The smallest absolute Gasteiger partial charge is 0.326 e. The second-order valence-electron chi connectivity index (χ2n) is 10.8. The van der Waals surface area contributed by atoms with E-state index in [-0.39, 0.29) is 30.9 Å². The fourth-order valence-corrected chi connectivity index (χ4v) is 4.60. The van der Waals surface area contributed by atoms with Crippen molar-refractivity contribution in [1.29, 1.82) is 0 Å². The van der Waals surface area contributed by atoms with Crippen molar-refractivity contribution in [2.45, 2.75) is 63.7 Å². The Labute approximate surface area is 247 Å². The number of para-hydroxylation sites is 1. The molecule has 3 amide bonds. The number of H-pyrrole nitrogens is 1. The number of aromatic amines is 1. The number of phenolic OH excluding ortho intramolecular Hbond substituents is 1. The van der Waals surface area contributed by atoms with Crippen molar-refractivity contribution < 1.29 is 39.3 Å². The Kier molecular flexibility index (Phi) is 11.2. The first-order chi connectivity index (χ1) is 20.3. The third kappa shape index (κ3) is 9.57. The summed E-state index contributed by atoms with van der Waals surface area (Å²) in [6, 6.07) is 8.11. The fourth-order valence-electron chi connectivity index (χ4n) is 4.60. The summed E-state index contributed by atoms with van der Waals surface area (Å²) >= 11 is 0. The van der Waals surface area contributed by atoms with Gasteiger partial charge in [-0.25, -0.2) is 4.79 Å². The monoisotopic (exact) mass is 595 g/mol. The van der Waals surface area contributed by atoms with E-state index in [1.54, 1.807) is 18.3 Å². The molecule has 13 nitrogen and oxygen atoms in total. The maximum atomic E-state index is 13.5. The normalized spacial score (nSPS) is 14.0. The van der Waals surface area contributed by atoms with Gasteiger partial charge in [-0.1, -0.05) is 44.2 Å². The summed E-state index contributed by atoms with van der Waals surface area (Å²) in [6.45, 7) is 3.65. The van der Waals surface area contributed by atoms with Gasteiger partial charge in [0.25, 0.3) is 0 Å². The topological polar surface area (TPSA) is 224 Å². The molecule has 0 spiro atoms. The van der Waals surface area contributed by atoms with Crippen molar-refractivity contribution in [2.75, 3.05) is 0 Å². The van der Waals surface area contributed by atoms with Crippen molar-refractivity contribution in [3.8, 4) is 5.75 Å². The number of aromatic hydroxyl groups is 1. The van der Waals surface area contributed by atoms with E-state index >= 15 is 0 Å². The predicted octanol–water partition coefficient (Wildman–Crippen LogP) is 1.05. The number of carbonyl (C=O) groups excluding carboxylic acids is 3. The maximum absolute atomic E-state index is 13.5. The summed E-state index contributed by atoms with van der Waals surface area (Å²) in [6.07, 6.45) is 1.12. The van der Waals surface area contributed by atoms with Gasteiger partial charge >= 0.3 is 11.9 Å². The largest absolute Gasteiger partial charge is 0.508 e. The first kappa shape index (κ1) is 32.6. The summed E-state index contributed by atoms with van der Waals surface area (Å²) in [5.41, 5.74) is 7.76. The fraction of sp³-hybridized carbons (Fsp3) is 0.367. The molecule has 1 heterocycles. The lowest BCUT2D eigenvalue weighted by atomic mass is 9.99. The molecule has 1 aromatic heterocycles. The molecule has 4 atom stereocenters. The lowest BCUT2D eigenvalue weighted by molar-refractivity contribution is -0.142. The van der Waals surface area contributed by atoms with Gasteiger partial charge in [-0.15, -0.1) is 0 Å². The number of aromatic nitrogens is 1. The van der Waals surface area contributed by atoms with E-state index in [0.717, 1.165) is 10.9 Å². The highest BCUT2D eigenvalue weighted by Gasteiger charge is 2.31. The van der Waals surface area contributed by atoms with Crippen molar-refractivity contribution in [3.05, 3.63) is 65.9 Å². The molecule has 0 radical (unpaired) electrons. The number of phenols is 1. The molecule has 13 heteroatoms. The number of hydrogen-bond donors (Lipinski definition) is 8. The van der Waals surface area contributed by atoms with E-state index in [1.807, 2.05) is 38.1 Å². The van der Waals surface area contributed by atoms with Gasteiger partial charge in [0.05, 0.1) is 12.5 Å². The number of nitrogens with one attached hydrogen (secondary N) is 4. The van der Waals surface area contributed by atoms with Crippen LogP contribution in [-0.4, -0.2) is 74.1 Å². The minimum atomic E-state index is -1.43. The van der Waals surface area contributed by atoms with Crippen molar-refractivity contribution in [2.24, 2.45) is 11.7 Å². The number of carboxylic acid groups (broad SMARTS) is 2. The maximum Gasteiger partial charge on any atom is 0.326 e. The zero-order chi connectivity index (χ0) is 31.7. The van der Waals surface area contributed by atoms with Gasteiger partial charge in [0, 0.05) is 29.9 Å². The highest BCUT2D eigenvalue weighted by atomic mass is 16.4. The number of amides is 3. The molecule has 0 saturated heterocycles. The zero-order valence-corrected chi connectivity index (χ0v) is 23.9. The molecular formula is C30H37N5O8. The van der Waals surface area contributed by atoms with E-state index in [4.69, 9.17) is 10.8 Å². The Bertz CT molecular complexity index is 1450. The molecule has 4 unspecified atom stereocenters. The number of aliphatic carboxylic acids is 2. The van der Waals surface area contributed by atoms with E-state index in [1.165, 1.54) is 12.1 Å². The molecule has 0 fully saturated rings. The Morgan fingerprint density at radius 3 is 2.05 bits per heavy atom. The third-order valence-corrected chi connectivity index (χ3v) is 6.79. The molecule has 0 bridgehead atoms. The average Bonchev–Trinajstić information content (AvgIpc) is 3.35. The van der Waals surface area contributed by atoms with Crippen molar-refractivity contribution in [1.82, 2.24) is 20.9 Å². The lowest BCUT2D eigenvalue weighted by Crippen LogP contribution is -2.58. The van der Waals surface area contributed by atoms with E-state index in [0.29, 0.717) is 11.1 Å². The molecule has 2 aromatic carbocycles. The molecular weight excluding hydrogens is 558 g/mol. The summed E-state index contributed by atoms with van der Waals surface area (Å²) in [5.74, 6) is -4.99. The van der Waals surface area contributed by atoms with Gasteiger partial charge in [0.2, 0.25) is 17.7 Å². The third-order valence-electron chi connectivity index (χ3n) is 6.79. The van der Waals surface area contributed by atoms with Crippen LogP contribution in [0.3, 0.4) is 0 Å². The lowest BCUT2D eigenvalue weighted by Gasteiger charge is -2.26. The van der Waals surface area contributed by atoms with Gasteiger partial charge in [-0.3, -0.25) is 19.2 Å². The summed E-state index contributed by atoms with van der Waals surface area (Å²) in [4.78, 5) is 65.7. The molecule has 43 heavy (non-hydrogen) atoms. The second-order valence-corrected chi connectivity index (χ2v) is 10.8. The summed E-state index contributed by atoms with van der Waals surface area (Å²) < 4.78 is 0. The van der Waals surface area contributed by atoms with Crippen LogP contribution < -0.4 is 21.7 Å². The Morgan fingerprint density at radius 2 is 1.42 bits per heavy atom. The number of nitrogens with two attached hydrogens (primary N) is 1. The Morgan fingerprint density at radius 1 is 0.814 bits per heavy atom. The number of hydrogen-bond acceptors (Lipinski definition) is 7. The van der Waals surface area contributed by atoms with Crippen LogP contribution in [-0.2, 0) is 36.8 Å². The molecule has 0 aliphatic rings.